The minimum Gasteiger partial charge on any atom is -0.484 e. The standard InChI is InChI=1S/C21H26ClF4N3O5/c22-12-2-1-11(7-13(12)23)33-10-17(31)27-20-5-3-19(4-6-20,9-16(20)30)28-18(32)14-8-15(29-34-14)21(24,25)26/h1-2,7,14-16,18,28-30,32H,3-6,8-10H2,(H,27,31)/t14?,15?,16-,18?,19?,20?/m0/s1. The number of halogens is 5. The Morgan fingerprint density at radius 3 is 2.62 bits per heavy atom. The first-order chi connectivity index (χ1) is 15.9. The van der Waals surface area contributed by atoms with Crippen LogP contribution in [-0.2, 0) is 9.63 Å². The number of hydroxylamine groups is 1. The normalized spacial score (nSPS) is 34.1. The lowest BCUT2D eigenvalue weighted by atomic mass is 9.59. The van der Waals surface area contributed by atoms with E-state index >= 15 is 0 Å². The topological polar surface area (TPSA) is 112 Å². The third-order valence-corrected chi connectivity index (χ3v) is 7.31. The summed E-state index contributed by atoms with van der Waals surface area (Å²) >= 11 is 5.62. The second kappa shape index (κ2) is 9.40. The number of aliphatic hydroxyl groups excluding tert-OH is 2. The van der Waals surface area contributed by atoms with Gasteiger partial charge in [-0.15, -0.1) is 0 Å². The Kier molecular flexibility index (Phi) is 7.02. The molecule has 3 saturated carbocycles. The smallest absolute Gasteiger partial charge is 0.406 e. The van der Waals surface area contributed by atoms with E-state index in [2.05, 4.69) is 10.6 Å². The molecule has 4 fully saturated rings. The lowest BCUT2D eigenvalue weighted by molar-refractivity contribution is -0.166. The SMILES string of the molecule is O=C(COc1ccc(Cl)c(F)c1)NC12CCC(NC(O)C3CC(C(F)(F)F)NO3)(CC1)C[C@@H]2O. The van der Waals surface area contributed by atoms with Gasteiger partial charge in [-0.1, -0.05) is 11.6 Å². The van der Waals surface area contributed by atoms with Crippen molar-refractivity contribution in [2.75, 3.05) is 6.61 Å². The van der Waals surface area contributed by atoms with E-state index in [4.69, 9.17) is 21.2 Å². The Balaban J connectivity index is 1.30. The highest BCUT2D eigenvalue weighted by Gasteiger charge is 2.56. The molecular formula is C21H26ClF4N3O5. The number of carbonyl (C=O) groups is 1. The fraction of sp³-hybridized carbons (Fsp3) is 0.667. The van der Waals surface area contributed by atoms with E-state index in [1.807, 2.05) is 5.48 Å². The molecule has 5 N–H and O–H groups in total. The number of aliphatic hydroxyl groups is 2. The van der Waals surface area contributed by atoms with Gasteiger partial charge in [0.2, 0.25) is 0 Å². The molecule has 0 aromatic heterocycles. The van der Waals surface area contributed by atoms with Crippen molar-refractivity contribution >= 4 is 17.5 Å². The van der Waals surface area contributed by atoms with Gasteiger partial charge in [-0.3, -0.25) is 14.9 Å². The van der Waals surface area contributed by atoms with Crippen LogP contribution >= 0.6 is 11.6 Å². The van der Waals surface area contributed by atoms with Crippen LogP contribution in [0.3, 0.4) is 0 Å². The zero-order chi connectivity index (χ0) is 24.7. The van der Waals surface area contributed by atoms with Crippen molar-refractivity contribution < 1.29 is 42.1 Å². The van der Waals surface area contributed by atoms with E-state index in [0.717, 1.165) is 6.07 Å². The first-order valence-electron chi connectivity index (χ1n) is 10.9. The van der Waals surface area contributed by atoms with Crippen molar-refractivity contribution in [2.24, 2.45) is 0 Å². The van der Waals surface area contributed by atoms with Crippen molar-refractivity contribution in [1.29, 1.82) is 0 Å². The third-order valence-electron chi connectivity index (χ3n) is 7.00. The van der Waals surface area contributed by atoms with Gasteiger partial charge in [0.05, 0.1) is 16.7 Å². The molecule has 5 rings (SSSR count). The van der Waals surface area contributed by atoms with Gasteiger partial charge in [0.1, 0.15) is 29.9 Å². The molecule has 4 atom stereocenters. The maximum absolute atomic E-state index is 13.5. The predicted octanol–water partition coefficient (Wildman–Crippen LogP) is 1.92. The molecule has 2 bridgehead atoms. The fourth-order valence-corrected chi connectivity index (χ4v) is 5.13. The van der Waals surface area contributed by atoms with Gasteiger partial charge >= 0.3 is 6.18 Å². The number of hydrogen-bond acceptors (Lipinski definition) is 7. The minimum absolute atomic E-state index is 0.0682. The Bertz CT molecular complexity index is 913. The molecule has 8 nitrogen and oxygen atoms in total. The largest absolute Gasteiger partial charge is 0.484 e. The van der Waals surface area contributed by atoms with Gasteiger partial charge in [0.15, 0.2) is 6.61 Å². The van der Waals surface area contributed by atoms with Gasteiger partial charge < -0.3 is 20.3 Å². The molecule has 1 aromatic carbocycles. The highest BCUT2D eigenvalue weighted by Crippen LogP contribution is 2.47. The predicted molar refractivity (Wildman–Crippen MR) is 111 cm³/mol. The summed E-state index contributed by atoms with van der Waals surface area (Å²) in [5.74, 6) is -1.02. The van der Waals surface area contributed by atoms with Crippen molar-refractivity contribution in [3.8, 4) is 5.75 Å². The van der Waals surface area contributed by atoms with Crippen LogP contribution in [0.1, 0.15) is 38.5 Å². The quantitative estimate of drug-likeness (QED) is 0.281. The van der Waals surface area contributed by atoms with Crippen LogP contribution in [0.5, 0.6) is 5.75 Å². The van der Waals surface area contributed by atoms with Crippen molar-refractivity contribution in [1.82, 2.24) is 16.1 Å². The molecule has 0 spiro atoms. The summed E-state index contributed by atoms with van der Waals surface area (Å²) in [5, 5.41) is 27.0. The number of amides is 1. The van der Waals surface area contributed by atoms with Crippen molar-refractivity contribution in [3.63, 3.8) is 0 Å². The molecule has 0 radical (unpaired) electrons. The molecule has 190 valence electrons. The second-order valence-electron chi connectivity index (χ2n) is 9.26. The fourth-order valence-electron chi connectivity index (χ4n) is 5.02. The molecule has 3 aliphatic carbocycles. The van der Waals surface area contributed by atoms with Crippen LogP contribution in [0.2, 0.25) is 5.02 Å². The van der Waals surface area contributed by atoms with E-state index in [0.29, 0.717) is 25.7 Å². The molecule has 1 aromatic rings. The monoisotopic (exact) mass is 511 g/mol. The van der Waals surface area contributed by atoms with Crippen LogP contribution in [-0.4, -0.2) is 64.5 Å². The van der Waals surface area contributed by atoms with Gasteiger partial charge in [-0.2, -0.15) is 18.7 Å². The summed E-state index contributed by atoms with van der Waals surface area (Å²) in [4.78, 5) is 17.4. The zero-order valence-electron chi connectivity index (χ0n) is 18.0. The molecule has 34 heavy (non-hydrogen) atoms. The van der Waals surface area contributed by atoms with Crippen LogP contribution in [0.25, 0.3) is 0 Å². The number of ether oxygens (including phenoxy) is 1. The summed E-state index contributed by atoms with van der Waals surface area (Å²) in [6, 6.07) is 1.95. The van der Waals surface area contributed by atoms with Gasteiger partial charge in [-0.05, 0) is 44.2 Å². The molecule has 1 amide bonds. The van der Waals surface area contributed by atoms with Crippen molar-refractivity contribution in [2.45, 2.75) is 80.3 Å². The Labute approximate surface area is 197 Å². The molecule has 3 unspecified atom stereocenters. The lowest BCUT2D eigenvalue weighted by Gasteiger charge is -2.57. The van der Waals surface area contributed by atoms with Gasteiger partial charge in [-0.25, -0.2) is 4.39 Å². The summed E-state index contributed by atoms with van der Waals surface area (Å²) in [6.07, 6.45) is -6.39. The number of rotatable bonds is 7. The van der Waals surface area contributed by atoms with E-state index in [9.17, 15) is 32.6 Å². The molecule has 1 saturated heterocycles. The van der Waals surface area contributed by atoms with E-state index in [1.54, 1.807) is 0 Å². The van der Waals surface area contributed by atoms with Crippen molar-refractivity contribution in [3.05, 3.63) is 29.0 Å². The highest BCUT2D eigenvalue weighted by atomic mass is 35.5. The summed E-state index contributed by atoms with van der Waals surface area (Å²) in [6.45, 7) is -0.385. The molecule has 4 aliphatic rings. The Morgan fingerprint density at radius 1 is 1.32 bits per heavy atom. The van der Waals surface area contributed by atoms with E-state index in [-0.39, 0.29) is 23.8 Å². The van der Waals surface area contributed by atoms with Crippen LogP contribution in [0.4, 0.5) is 17.6 Å². The van der Waals surface area contributed by atoms with E-state index < -0.39 is 59.9 Å². The molecule has 1 heterocycles. The highest BCUT2D eigenvalue weighted by molar-refractivity contribution is 6.30. The summed E-state index contributed by atoms with van der Waals surface area (Å²) in [5.41, 5.74) is 0.336. The van der Waals surface area contributed by atoms with Crippen LogP contribution in [0, 0.1) is 5.82 Å². The average molecular weight is 512 g/mol. The van der Waals surface area contributed by atoms with Gasteiger partial charge in [0, 0.05) is 18.0 Å². The Hall–Kier alpha value is -1.70. The number of alkyl halides is 3. The van der Waals surface area contributed by atoms with E-state index in [1.165, 1.54) is 12.1 Å². The lowest BCUT2D eigenvalue weighted by Crippen LogP contribution is -2.71. The van der Waals surface area contributed by atoms with Crippen LogP contribution < -0.4 is 20.9 Å². The Morgan fingerprint density at radius 2 is 2.03 bits per heavy atom. The first-order valence-corrected chi connectivity index (χ1v) is 11.3. The first kappa shape index (κ1) is 25.4. The number of hydrogen-bond donors (Lipinski definition) is 5. The molecule has 1 aliphatic heterocycles. The summed E-state index contributed by atoms with van der Waals surface area (Å²) in [7, 11) is 0. The third kappa shape index (κ3) is 5.26. The number of carbonyl (C=O) groups excluding carboxylic acids is 1. The summed E-state index contributed by atoms with van der Waals surface area (Å²) < 4.78 is 57.4. The number of fused-ring (bicyclic) bond motifs is 3. The molecule has 13 heteroatoms. The number of nitrogens with one attached hydrogen (secondary N) is 3. The maximum atomic E-state index is 13.5. The number of benzene rings is 1. The zero-order valence-corrected chi connectivity index (χ0v) is 18.8. The van der Waals surface area contributed by atoms with Gasteiger partial charge in [0.25, 0.3) is 5.91 Å². The van der Waals surface area contributed by atoms with Crippen LogP contribution in [0.15, 0.2) is 18.2 Å². The molecular weight excluding hydrogens is 486 g/mol. The average Bonchev–Trinajstić information content (AvgIpc) is 3.27. The maximum Gasteiger partial charge on any atom is 0.406 e. The minimum atomic E-state index is -4.48. The second-order valence-corrected chi connectivity index (χ2v) is 9.67.